The van der Waals surface area contributed by atoms with Gasteiger partial charge in [-0.25, -0.2) is 0 Å². The minimum Gasteiger partial charge on any atom is -0.491 e. The molecule has 0 bridgehead atoms. The van der Waals surface area contributed by atoms with Crippen LogP contribution in [-0.4, -0.2) is 33.3 Å². The summed E-state index contributed by atoms with van der Waals surface area (Å²) in [5, 5.41) is 7.31. The van der Waals surface area contributed by atoms with Gasteiger partial charge in [-0.3, -0.25) is 4.99 Å². The Morgan fingerprint density at radius 1 is 0.923 bits per heavy atom. The average molecular weight is 490 g/mol. The van der Waals surface area contributed by atoms with E-state index in [-0.39, 0.29) is 24.0 Å². The number of ether oxygens (including phenoxy) is 2. The maximum Gasteiger partial charge on any atom is 0.191 e. The Labute approximate surface area is 177 Å². The van der Waals surface area contributed by atoms with Crippen LogP contribution in [0.3, 0.4) is 0 Å². The third-order valence-corrected chi connectivity index (χ3v) is 3.79. The Hall–Kier alpha value is -1.51. The normalized spacial score (nSPS) is 10.8. The van der Waals surface area contributed by atoms with Crippen molar-refractivity contribution >= 4 is 41.5 Å². The Bertz CT molecular complexity index is 663. The number of nitrogens with zero attached hydrogens (tertiary/aromatic N) is 1. The van der Waals surface area contributed by atoms with Gasteiger partial charge >= 0.3 is 0 Å². The van der Waals surface area contributed by atoms with E-state index in [0.717, 1.165) is 27.9 Å². The van der Waals surface area contributed by atoms with Gasteiger partial charge in [-0.2, -0.15) is 0 Å². The van der Waals surface area contributed by atoms with Crippen LogP contribution in [0.4, 0.5) is 0 Å². The molecule has 0 amide bonds. The van der Waals surface area contributed by atoms with Gasteiger partial charge in [0.15, 0.2) is 5.96 Å². The number of aliphatic imine (C=N–C) groups is 1. The van der Waals surface area contributed by atoms with Gasteiger partial charge in [0.1, 0.15) is 12.4 Å². The minimum absolute atomic E-state index is 0. The molecule has 26 heavy (non-hydrogen) atoms. The first kappa shape index (κ1) is 22.5. The molecule has 2 aromatic rings. The molecule has 7 heteroatoms. The van der Waals surface area contributed by atoms with Crippen molar-refractivity contribution in [1.29, 1.82) is 0 Å². The van der Waals surface area contributed by atoms with Crippen LogP contribution in [-0.2, 0) is 17.8 Å². The molecule has 0 aliphatic heterocycles. The van der Waals surface area contributed by atoms with Gasteiger partial charge in [0.05, 0.1) is 6.61 Å². The van der Waals surface area contributed by atoms with Crippen molar-refractivity contribution in [3.05, 3.63) is 64.7 Å². The van der Waals surface area contributed by atoms with E-state index in [1.54, 1.807) is 14.2 Å². The summed E-state index contributed by atoms with van der Waals surface area (Å²) in [7, 11) is 3.41. The lowest BCUT2D eigenvalue weighted by atomic mass is 10.2. The molecule has 0 aliphatic carbocycles. The van der Waals surface area contributed by atoms with Crippen molar-refractivity contribution in [2.45, 2.75) is 13.1 Å². The van der Waals surface area contributed by atoms with E-state index in [1.165, 1.54) is 0 Å². The molecule has 0 atom stereocenters. The first-order chi connectivity index (χ1) is 12.2. The SMILES string of the molecule is CN=C(NCc1ccc(Cl)cc1)NCc1ccc(OCCOC)cc1.I. The molecule has 0 saturated heterocycles. The molecular formula is C19H25ClIN3O2. The Balaban J connectivity index is 0.00000338. The van der Waals surface area contributed by atoms with Gasteiger partial charge < -0.3 is 20.1 Å². The van der Waals surface area contributed by atoms with Crippen LogP contribution in [0.1, 0.15) is 11.1 Å². The van der Waals surface area contributed by atoms with E-state index >= 15 is 0 Å². The van der Waals surface area contributed by atoms with E-state index in [4.69, 9.17) is 21.1 Å². The predicted octanol–water partition coefficient (Wildman–Crippen LogP) is 3.85. The molecule has 0 spiro atoms. The zero-order valence-electron chi connectivity index (χ0n) is 15.0. The van der Waals surface area contributed by atoms with E-state index in [2.05, 4.69) is 15.6 Å². The third-order valence-electron chi connectivity index (χ3n) is 3.54. The van der Waals surface area contributed by atoms with Crippen LogP contribution in [0, 0.1) is 0 Å². The highest BCUT2D eigenvalue weighted by Crippen LogP contribution is 2.12. The quantitative estimate of drug-likeness (QED) is 0.256. The van der Waals surface area contributed by atoms with Crippen molar-refractivity contribution < 1.29 is 9.47 Å². The van der Waals surface area contributed by atoms with Crippen LogP contribution in [0.5, 0.6) is 5.75 Å². The molecule has 0 aromatic heterocycles. The molecule has 0 unspecified atom stereocenters. The largest absolute Gasteiger partial charge is 0.491 e. The number of methoxy groups -OCH3 is 1. The van der Waals surface area contributed by atoms with Crippen LogP contribution < -0.4 is 15.4 Å². The smallest absolute Gasteiger partial charge is 0.191 e. The Morgan fingerprint density at radius 3 is 1.96 bits per heavy atom. The van der Waals surface area contributed by atoms with Crippen LogP contribution in [0.25, 0.3) is 0 Å². The molecule has 2 N–H and O–H groups in total. The highest BCUT2D eigenvalue weighted by Gasteiger charge is 2.00. The number of guanidine groups is 1. The van der Waals surface area contributed by atoms with Crippen molar-refractivity contribution in [3.8, 4) is 5.75 Å². The fourth-order valence-corrected chi connectivity index (χ4v) is 2.27. The molecule has 0 radical (unpaired) electrons. The number of nitrogens with one attached hydrogen (secondary N) is 2. The summed E-state index contributed by atoms with van der Waals surface area (Å²) in [5.41, 5.74) is 2.29. The standard InChI is InChI=1S/C19H24ClN3O2.HI/c1-21-19(22-13-15-3-7-17(20)8-4-15)23-14-16-5-9-18(10-6-16)25-12-11-24-2;/h3-10H,11-14H2,1-2H3,(H2,21,22,23);1H. The lowest BCUT2D eigenvalue weighted by Crippen LogP contribution is -2.36. The molecule has 0 saturated carbocycles. The summed E-state index contributed by atoms with van der Waals surface area (Å²) in [6.07, 6.45) is 0. The maximum absolute atomic E-state index is 5.89. The molecule has 0 aliphatic rings. The highest BCUT2D eigenvalue weighted by atomic mass is 127. The molecule has 0 heterocycles. The molecule has 0 fully saturated rings. The van der Waals surface area contributed by atoms with E-state index in [9.17, 15) is 0 Å². The zero-order valence-corrected chi connectivity index (χ0v) is 18.1. The fraction of sp³-hybridized carbons (Fsp3) is 0.316. The first-order valence-electron chi connectivity index (χ1n) is 8.11. The summed E-state index contributed by atoms with van der Waals surface area (Å²) in [6, 6.07) is 15.7. The third kappa shape index (κ3) is 8.25. The summed E-state index contributed by atoms with van der Waals surface area (Å²) in [5.74, 6) is 1.58. The monoisotopic (exact) mass is 489 g/mol. The van der Waals surface area contributed by atoms with E-state index in [1.807, 2.05) is 48.5 Å². The summed E-state index contributed by atoms with van der Waals surface area (Å²) in [6.45, 7) is 2.50. The van der Waals surface area contributed by atoms with Crippen molar-refractivity contribution in [1.82, 2.24) is 10.6 Å². The van der Waals surface area contributed by atoms with Gasteiger partial charge in [-0.05, 0) is 35.4 Å². The Morgan fingerprint density at radius 2 is 1.46 bits per heavy atom. The van der Waals surface area contributed by atoms with Crippen molar-refractivity contribution in [2.24, 2.45) is 4.99 Å². The summed E-state index contributed by atoms with van der Waals surface area (Å²) >= 11 is 5.89. The second-order valence-corrected chi connectivity index (χ2v) is 5.83. The van der Waals surface area contributed by atoms with Gasteiger partial charge in [0.2, 0.25) is 0 Å². The highest BCUT2D eigenvalue weighted by molar-refractivity contribution is 14.0. The lowest BCUT2D eigenvalue weighted by molar-refractivity contribution is 0.146. The number of rotatable bonds is 8. The second-order valence-electron chi connectivity index (χ2n) is 5.39. The van der Waals surface area contributed by atoms with Crippen LogP contribution in [0.2, 0.25) is 5.02 Å². The fourth-order valence-electron chi connectivity index (χ4n) is 2.14. The molecule has 2 rings (SSSR count). The van der Waals surface area contributed by atoms with Gasteiger partial charge in [-0.15, -0.1) is 24.0 Å². The topological polar surface area (TPSA) is 54.9 Å². The molecule has 142 valence electrons. The van der Waals surface area contributed by atoms with E-state index in [0.29, 0.717) is 26.3 Å². The molecular weight excluding hydrogens is 465 g/mol. The first-order valence-corrected chi connectivity index (χ1v) is 8.48. The summed E-state index contributed by atoms with van der Waals surface area (Å²) < 4.78 is 10.5. The Kier molecular flexibility index (Phi) is 11.1. The van der Waals surface area contributed by atoms with Gasteiger partial charge in [-0.1, -0.05) is 35.9 Å². The number of benzene rings is 2. The maximum atomic E-state index is 5.89. The zero-order chi connectivity index (χ0) is 17.9. The number of hydrogen-bond donors (Lipinski definition) is 2. The van der Waals surface area contributed by atoms with Gasteiger partial charge in [0.25, 0.3) is 0 Å². The summed E-state index contributed by atoms with van der Waals surface area (Å²) in [4.78, 5) is 4.23. The van der Waals surface area contributed by atoms with Crippen molar-refractivity contribution in [3.63, 3.8) is 0 Å². The van der Waals surface area contributed by atoms with Crippen molar-refractivity contribution in [2.75, 3.05) is 27.4 Å². The molecule has 5 nitrogen and oxygen atoms in total. The van der Waals surface area contributed by atoms with Crippen LogP contribution >= 0.6 is 35.6 Å². The number of hydrogen-bond acceptors (Lipinski definition) is 3. The predicted molar refractivity (Wildman–Crippen MR) is 118 cm³/mol. The minimum atomic E-state index is 0. The average Bonchev–Trinajstić information content (AvgIpc) is 2.64. The van der Waals surface area contributed by atoms with Crippen LogP contribution in [0.15, 0.2) is 53.5 Å². The molecule has 2 aromatic carbocycles. The van der Waals surface area contributed by atoms with Gasteiger partial charge in [0, 0.05) is 32.3 Å². The second kappa shape index (κ2) is 12.8. The number of halogens is 2. The lowest BCUT2D eigenvalue weighted by Gasteiger charge is -2.12. The van der Waals surface area contributed by atoms with E-state index < -0.39 is 0 Å².